The van der Waals surface area contributed by atoms with Crippen LogP contribution in [0.4, 0.5) is 0 Å². The first-order valence-electron chi connectivity index (χ1n) is 3.26. The Morgan fingerprint density at radius 2 is 1.83 bits per heavy atom. The highest BCUT2D eigenvalue weighted by Crippen LogP contribution is 1.96. The molecule has 0 saturated carbocycles. The molecule has 12 heavy (non-hydrogen) atoms. The smallest absolute Gasteiger partial charge is 0.338 e. The van der Waals surface area contributed by atoms with Gasteiger partial charge in [-0.1, -0.05) is 0 Å². The number of carbonyl (C=O) groups is 2. The largest absolute Gasteiger partial charge is 0.479 e. The van der Waals surface area contributed by atoms with Gasteiger partial charge in [-0.15, -0.1) is 0 Å². The molecule has 0 bridgehead atoms. The zero-order valence-corrected chi connectivity index (χ0v) is 6.43. The van der Waals surface area contributed by atoms with Gasteiger partial charge < -0.3 is 20.1 Å². The van der Waals surface area contributed by atoms with Crippen LogP contribution >= 0.6 is 0 Å². The molecule has 0 heterocycles. The number of aliphatic hydroxyl groups is 2. The molecule has 0 spiro atoms. The topological polar surface area (TPSA) is 104 Å². The van der Waals surface area contributed by atoms with Crippen molar-refractivity contribution in [3.63, 3.8) is 0 Å². The summed E-state index contributed by atoms with van der Waals surface area (Å²) >= 11 is 0. The molecular weight excluding hydrogens is 168 g/mol. The summed E-state index contributed by atoms with van der Waals surface area (Å²) in [5.41, 5.74) is 0. The molecule has 70 valence electrons. The fourth-order valence-electron chi connectivity index (χ4n) is 0.492. The molecule has 0 rings (SSSR count). The van der Waals surface area contributed by atoms with E-state index in [0.717, 1.165) is 0 Å². The van der Waals surface area contributed by atoms with Crippen molar-refractivity contribution in [2.75, 3.05) is 6.61 Å². The summed E-state index contributed by atoms with van der Waals surface area (Å²) in [5.74, 6) is -2.82. The molecule has 2 atom stereocenters. The minimum Gasteiger partial charge on any atom is -0.479 e. The Kier molecular flexibility index (Phi) is 4.24. The van der Waals surface area contributed by atoms with E-state index in [4.69, 9.17) is 15.3 Å². The normalized spacial score (nSPS) is 14.9. The quantitative estimate of drug-likeness (QED) is 0.446. The number of aliphatic hydroxyl groups excluding tert-OH is 2. The molecule has 0 amide bonds. The monoisotopic (exact) mass is 178 g/mol. The third-order valence-corrected chi connectivity index (χ3v) is 1.08. The van der Waals surface area contributed by atoms with Gasteiger partial charge in [-0.05, 0) is 6.92 Å². The van der Waals surface area contributed by atoms with Crippen molar-refractivity contribution in [3.05, 3.63) is 0 Å². The average Bonchev–Trinajstić information content (AvgIpc) is 2.02. The van der Waals surface area contributed by atoms with Crippen LogP contribution in [-0.2, 0) is 14.3 Å². The number of ether oxygens (including phenoxy) is 1. The third-order valence-electron chi connectivity index (χ3n) is 1.08. The molecule has 0 aliphatic rings. The van der Waals surface area contributed by atoms with Crippen LogP contribution < -0.4 is 0 Å². The molecule has 6 nitrogen and oxygen atoms in total. The molecule has 0 aromatic carbocycles. The summed E-state index contributed by atoms with van der Waals surface area (Å²) < 4.78 is 4.26. The molecule has 6 heteroatoms. The molecule has 0 radical (unpaired) electrons. The van der Waals surface area contributed by atoms with Gasteiger partial charge in [0.25, 0.3) is 0 Å². The molecule has 0 aliphatic heterocycles. The minimum absolute atomic E-state index is 0.0161. The molecule has 0 aromatic rings. The van der Waals surface area contributed by atoms with E-state index in [1.54, 1.807) is 0 Å². The Morgan fingerprint density at radius 1 is 1.33 bits per heavy atom. The highest BCUT2D eigenvalue weighted by molar-refractivity contribution is 5.84. The third kappa shape index (κ3) is 2.85. The van der Waals surface area contributed by atoms with Crippen LogP contribution in [0.1, 0.15) is 6.92 Å². The van der Waals surface area contributed by atoms with Crippen LogP contribution in [0.25, 0.3) is 0 Å². The summed E-state index contributed by atoms with van der Waals surface area (Å²) in [5, 5.41) is 25.6. The van der Waals surface area contributed by atoms with Crippen molar-refractivity contribution in [2.45, 2.75) is 19.1 Å². The standard InChI is InChI=1S/C6H10O6/c1-2-12-6(11)4(8)3(7)5(9)10/h3-4,7-8H,2H2,1H3,(H,9,10)/t3-,4-/m1/s1. The first-order valence-corrected chi connectivity index (χ1v) is 3.26. The Morgan fingerprint density at radius 3 is 2.17 bits per heavy atom. The predicted molar refractivity (Wildman–Crippen MR) is 36.3 cm³/mol. The summed E-state index contributed by atoms with van der Waals surface area (Å²) in [6.07, 6.45) is -4.16. The Bertz CT molecular complexity index is 177. The van der Waals surface area contributed by atoms with Gasteiger partial charge >= 0.3 is 11.9 Å². The van der Waals surface area contributed by atoms with E-state index in [-0.39, 0.29) is 6.61 Å². The van der Waals surface area contributed by atoms with E-state index in [2.05, 4.69) is 4.74 Å². The molecule has 0 aliphatic carbocycles. The number of rotatable bonds is 4. The van der Waals surface area contributed by atoms with Crippen LogP contribution in [-0.4, -0.2) is 46.1 Å². The number of hydrogen-bond acceptors (Lipinski definition) is 5. The van der Waals surface area contributed by atoms with Gasteiger partial charge in [0.2, 0.25) is 0 Å². The highest BCUT2D eigenvalue weighted by Gasteiger charge is 2.30. The lowest BCUT2D eigenvalue weighted by Crippen LogP contribution is -2.40. The fraction of sp³-hybridized carbons (Fsp3) is 0.667. The Labute approximate surface area is 68.4 Å². The van der Waals surface area contributed by atoms with Gasteiger partial charge in [-0.2, -0.15) is 0 Å². The van der Waals surface area contributed by atoms with Crippen molar-refractivity contribution in [3.8, 4) is 0 Å². The van der Waals surface area contributed by atoms with E-state index < -0.39 is 24.1 Å². The van der Waals surface area contributed by atoms with Crippen molar-refractivity contribution in [2.24, 2.45) is 0 Å². The van der Waals surface area contributed by atoms with Gasteiger partial charge in [-0.3, -0.25) is 0 Å². The van der Waals surface area contributed by atoms with Crippen molar-refractivity contribution in [1.29, 1.82) is 0 Å². The van der Waals surface area contributed by atoms with Crippen LogP contribution in [0.2, 0.25) is 0 Å². The van der Waals surface area contributed by atoms with Crippen LogP contribution in [0.5, 0.6) is 0 Å². The van der Waals surface area contributed by atoms with Gasteiger partial charge in [0.1, 0.15) is 0 Å². The lowest BCUT2D eigenvalue weighted by molar-refractivity contribution is -0.169. The second-order valence-electron chi connectivity index (χ2n) is 1.98. The van der Waals surface area contributed by atoms with Crippen molar-refractivity contribution >= 4 is 11.9 Å². The lowest BCUT2D eigenvalue weighted by atomic mass is 10.2. The number of carboxylic acid groups (broad SMARTS) is 1. The number of carboxylic acids is 1. The van der Waals surface area contributed by atoms with E-state index in [1.807, 2.05) is 0 Å². The predicted octanol–water partition coefficient (Wildman–Crippen LogP) is -1.64. The van der Waals surface area contributed by atoms with E-state index in [1.165, 1.54) is 6.92 Å². The summed E-state index contributed by atoms with van der Waals surface area (Å²) in [6, 6.07) is 0. The highest BCUT2D eigenvalue weighted by atomic mass is 16.5. The van der Waals surface area contributed by atoms with E-state index in [9.17, 15) is 9.59 Å². The second-order valence-corrected chi connectivity index (χ2v) is 1.98. The summed E-state index contributed by atoms with van der Waals surface area (Å²) in [4.78, 5) is 20.6. The molecule has 0 fully saturated rings. The SMILES string of the molecule is CCOC(=O)[C@H](O)[C@@H](O)C(=O)O. The fourth-order valence-corrected chi connectivity index (χ4v) is 0.492. The summed E-state index contributed by atoms with van der Waals surface area (Å²) in [7, 11) is 0. The molecule has 0 unspecified atom stereocenters. The first-order chi connectivity index (χ1) is 5.50. The molecular formula is C6H10O6. The molecule has 0 aromatic heterocycles. The van der Waals surface area contributed by atoms with E-state index in [0.29, 0.717) is 0 Å². The van der Waals surface area contributed by atoms with Crippen LogP contribution in [0.3, 0.4) is 0 Å². The van der Waals surface area contributed by atoms with Crippen molar-refractivity contribution < 1.29 is 29.6 Å². The van der Waals surface area contributed by atoms with E-state index >= 15 is 0 Å². The average molecular weight is 178 g/mol. The first kappa shape index (κ1) is 10.9. The minimum atomic E-state index is -2.14. The second kappa shape index (κ2) is 4.68. The molecule has 3 N–H and O–H groups in total. The Balaban J connectivity index is 4.09. The van der Waals surface area contributed by atoms with Gasteiger partial charge in [0.15, 0.2) is 12.2 Å². The van der Waals surface area contributed by atoms with Crippen LogP contribution in [0, 0.1) is 0 Å². The zero-order chi connectivity index (χ0) is 9.72. The maximum absolute atomic E-state index is 10.6. The lowest BCUT2D eigenvalue weighted by Gasteiger charge is -2.11. The number of hydrogen-bond donors (Lipinski definition) is 3. The van der Waals surface area contributed by atoms with Gasteiger partial charge in [0.05, 0.1) is 6.61 Å². The maximum Gasteiger partial charge on any atom is 0.338 e. The van der Waals surface area contributed by atoms with Crippen LogP contribution in [0.15, 0.2) is 0 Å². The zero-order valence-electron chi connectivity index (χ0n) is 6.43. The number of aliphatic carboxylic acids is 1. The van der Waals surface area contributed by atoms with Gasteiger partial charge in [-0.25, -0.2) is 9.59 Å². The van der Waals surface area contributed by atoms with Crippen molar-refractivity contribution in [1.82, 2.24) is 0 Å². The van der Waals surface area contributed by atoms with Gasteiger partial charge in [0, 0.05) is 0 Å². The maximum atomic E-state index is 10.6. The molecule has 0 saturated heterocycles. The Hall–Kier alpha value is -1.14. The number of carbonyl (C=O) groups excluding carboxylic acids is 1. The number of esters is 1. The summed E-state index contributed by atoms with van der Waals surface area (Å²) in [6.45, 7) is 1.51.